The number of esters is 1. The summed E-state index contributed by atoms with van der Waals surface area (Å²) in [6.45, 7) is 6.46. The zero-order valence-electron chi connectivity index (χ0n) is 20.3. The summed E-state index contributed by atoms with van der Waals surface area (Å²) in [7, 11) is 0. The van der Waals surface area contributed by atoms with Gasteiger partial charge in [0.25, 0.3) is 5.69 Å². The number of allylic oxidation sites excluding steroid dienone is 1. The fraction of sp³-hybridized carbons (Fsp3) is 0.269. The smallest absolute Gasteiger partial charge is 0.341 e. The molecular formula is C26H26N6O4. The lowest BCUT2D eigenvalue weighted by atomic mass is 9.92. The number of hydrogen-bond donors (Lipinski definition) is 1. The van der Waals surface area contributed by atoms with Crippen molar-refractivity contribution in [1.82, 2.24) is 15.0 Å². The maximum absolute atomic E-state index is 12.6. The molecule has 0 spiro atoms. The molecule has 1 aliphatic heterocycles. The van der Waals surface area contributed by atoms with Crippen LogP contribution in [0, 0.1) is 24.0 Å². The molecule has 1 aliphatic rings. The van der Waals surface area contributed by atoms with Crippen LogP contribution in [0.2, 0.25) is 0 Å². The van der Waals surface area contributed by atoms with E-state index in [2.05, 4.69) is 25.3 Å². The highest BCUT2D eigenvalue weighted by molar-refractivity contribution is 5.96. The fourth-order valence-corrected chi connectivity index (χ4v) is 3.90. The van der Waals surface area contributed by atoms with E-state index in [-0.39, 0.29) is 12.3 Å². The summed E-state index contributed by atoms with van der Waals surface area (Å²) in [6.07, 6.45) is 8.64. The van der Waals surface area contributed by atoms with Gasteiger partial charge in [0.1, 0.15) is 17.3 Å². The number of aromatic nitrogens is 3. The number of ether oxygens (including phenoxy) is 1. The molecule has 0 saturated heterocycles. The summed E-state index contributed by atoms with van der Waals surface area (Å²) in [5, 5.41) is 14.2. The number of carbonyl (C=O) groups is 1. The van der Waals surface area contributed by atoms with E-state index in [0.29, 0.717) is 35.9 Å². The number of carbonyl (C=O) groups excluding carboxylic acids is 1. The first-order chi connectivity index (χ1) is 17.3. The molecule has 3 aromatic rings. The molecule has 0 fully saturated rings. The molecule has 184 valence electrons. The molecule has 10 heteroatoms. The van der Waals surface area contributed by atoms with Gasteiger partial charge in [-0.1, -0.05) is 12.1 Å². The number of nitro groups is 1. The zero-order valence-corrected chi connectivity index (χ0v) is 20.3. The van der Waals surface area contributed by atoms with Gasteiger partial charge in [-0.3, -0.25) is 20.1 Å². The van der Waals surface area contributed by atoms with Crippen LogP contribution < -0.4 is 5.32 Å². The maximum atomic E-state index is 12.6. The fourth-order valence-electron chi connectivity index (χ4n) is 3.90. The van der Waals surface area contributed by atoms with Crippen LogP contribution in [0.15, 0.2) is 59.9 Å². The zero-order chi connectivity index (χ0) is 25.7. The van der Waals surface area contributed by atoms with Crippen LogP contribution in [0.5, 0.6) is 0 Å². The van der Waals surface area contributed by atoms with Crippen molar-refractivity contribution in [2.75, 3.05) is 18.5 Å². The number of rotatable bonds is 9. The number of aryl methyl sites for hydroxylation is 2. The first-order valence-corrected chi connectivity index (χ1v) is 11.5. The van der Waals surface area contributed by atoms with Crippen LogP contribution in [0.1, 0.15) is 40.5 Å². The predicted octanol–water partition coefficient (Wildman–Crippen LogP) is 4.58. The molecule has 1 aromatic carbocycles. The first-order valence-electron chi connectivity index (χ1n) is 11.5. The van der Waals surface area contributed by atoms with Gasteiger partial charge in [-0.05, 0) is 62.6 Å². The van der Waals surface area contributed by atoms with Gasteiger partial charge in [0, 0.05) is 30.6 Å². The largest absolute Gasteiger partial charge is 0.462 e. The lowest BCUT2D eigenvalue weighted by Crippen LogP contribution is -2.25. The van der Waals surface area contributed by atoms with Crippen molar-refractivity contribution in [3.05, 3.63) is 87.4 Å². The average Bonchev–Trinajstić information content (AvgIpc) is 3.36. The van der Waals surface area contributed by atoms with E-state index in [1.807, 2.05) is 44.2 Å². The Morgan fingerprint density at radius 3 is 2.61 bits per heavy atom. The van der Waals surface area contributed by atoms with Crippen molar-refractivity contribution in [3.8, 4) is 11.3 Å². The molecule has 0 aliphatic carbocycles. The third-order valence-corrected chi connectivity index (χ3v) is 6.02. The van der Waals surface area contributed by atoms with E-state index >= 15 is 0 Å². The van der Waals surface area contributed by atoms with E-state index in [1.165, 1.54) is 18.5 Å². The van der Waals surface area contributed by atoms with E-state index in [9.17, 15) is 14.9 Å². The van der Waals surface area contributed by atoms with Crippen molar-refractivity contribution >= 4 is 23.8 Å². The molecule has 10 nitrogen and oxygen atoms in total. The molecule has 1 N–H and O–H groups in total. The molecule has 3 heterocycles. The van der Waals surface area contributed by atoms with Crippen molar-refractivity contribution in [1.29, 1.82) is 0 Å². The Labute approximate surface area is 208 Å². The van der Waals surface area contributed by atoms with E-state index in [0.717, 1.165) is 16.7 Å². The number of benzene rings is 1. The third kappa shape index (κ3) is 5.12. The molecule has 1 unspecified atom stereocenters. The molecule has 0 bridgehead atoms. The summed E-state index contributed by atoms with van der Waals surface area (Å²) in [4.78, 5) is 40.9. The predicted molar refractivity (Wildman–Crippen MR) is 136 cm³/mol. The minimum absolute atomic E-state index is 0.0769. The number of pyridine rings is 1. The highest BCUT2D eigenvalue weighted by atomic mass is 16.6. The molecule has 0 amide bonds. The Morgan fingerprint density at radius 1 is 1.14 bits per heavy atom. The van der Waals surface area contributed by atoms with Crippen LogP contribution in [-0.2, 0) is 10.3 Å². The summed E-state index contributed by atoms with van der Waals surface area (Å²) >= 11 is 0. The molecule has 0 saturated carbocycles. The number of aliphatic imine (C=N–C) groups is 1. The summed E-state index contributed by atoms with van der Waals surface area (Å²) in [5.41, 5.74) is 3.57. The Hall–Kier alpha value is -4.47. The van der Waals surface area contributed by atoms with Gasteiger partial charge in [-0.15, -0.1) is 0 Å². The maximum Gasteiger partial charge on any atom is 0.341 e. The van der Waals surface area contributed by atoms with Gasteiger partial charge in [0.15, 0.2) is 0 Å². The van der Waals surface area contributed by atoms with Crippen LogP contribution >= 0.6 is 0 Å². The van der Waals surface area contributed by atoms with Crippen LogP contribution in [0.4, 0.5) is 11.6 Å². The number of hydrogen-bond acceptors (Lipinski definition) is 9. The van der Waals surface area contributed by atoms with Gasteiger partial charge in [-0.2, -0.15) is 0 Å². The standard InChI is InChI=1S/C26H26N6O4/c1-4-36-24(33)21-16-29-25(31-23(21)19-7-6-17(2)18(3)14-19)27-13-11-26(10-5-12-30-26)22-9-8-20(15-28-22)32(34)35/h5-10,12,14-16H,4,11,13H2,1-3H3,(H,27,29,31). The Kier molecular flexibility index (Phi) is 7.14. The quantitative estimate of drug-likeness (QED) is 0.264. The second-order valence-electron chi connectivity index (χ2n) is 8.37. The Morgan fingerprint density at radius 2 is 1.97 bits per heavy atom. The minimum atomic E-state index is -0.746. The molecule has 36 heavy (non-hydrogen) atoms. The molecule has 0 radical (unpaired) electrons. The van der Waals surface area contributed by atoms with Crippen molar-refractivity contribution in [2.24, 2.45) is 4.99 Å². The summed E-state index contributed by atoms with van der Waals surface area (Å²) in [5.74, 6) is -0.125. The van der Waals surface area contributed by atoms with Gasteiger partial charge < -0.3 is 10.1 Å². The van der Waals surface area contributed by atoms with E-state index < -0.39 is 16.4 Å². The van der Waals surface area contributed by atoms with Gasteiger partial charge in [0.05, 0.1) is 22.9 Å². The lowest BCUT2D eigenvalue weighted by molar-refractivity contribution is -0.385. The van der Waals surface area contributed by atoms with E-state index in [4.69, 9.17) is 4.74 Å². The van der Waals surface area contributed by atoms with Crippen molar-refractivity contribution < 1.29 is 14.5 Å². The van der Waals surface area contributed by atoms with Crippen molar-refractivity contribution in [3.63, 3.8) is 0 Å². The van der Waals surface area contributed by atoms with Gasteiger partial charge in [0.2, 0.25) is 5.95 Å². The monoisotopic (exact) mass is 486 g/mol. The highest BCUT2D eigenvalue weighted by Crippen LogP contribution is 2.33. The van der Waals surface area contributed by atoms with Gasteiger partial charge >= 0.3 is 5.97 Å². The molecule has 4 rings (SSSR count). The Bertz CT molecular complexity index is 1340. The second-order valence-corrected chi connectivity index (χ2v) is 8.37. The topological polar surface area (TPSA) is 132 Å². The summed E-state index contributed by atoms with van der Waals surface area (Å²) < 4.78 is 5.21. The minimum Gasteiger partial charge on any atom is -0.462 e. The van der Waals surface area contributed by atoms with Crippen LogP contribution in [-0.4, -0.2) is 45.2 Å². The molecule has 2 aromatic heterocycles. The SMILES string of the molecule is CCOC(=O)c1cnc(NCCC2(c3ccc([N+](=O)[O-])cn3)C=CC=N2)nc1-c1ccc(C)c(C)c1. The second kappa shape index (κ2) is 10.4. The van der Waals surface area contributed by atoms with Crippen LogP contribution in [0.25, 0.3) is 11.3 Å². The third-order valence-electron chi connectivity index (χ3n) is 6.02. The highest BCUT2D eigenvalue weighted by Gasteiger charge is 2.32. The normalized spacial score (nSPS) is 16.2. The van der Waals surface area contributed by atoms with Crippen molar-refractivity contribution in [2.45, 2.75) is 32.7 Å². The number of nitrogens with one attached hydrogen (secondary N) is 1. The number of nitrogens with zero attached hydrogens (tertiary/aromatic N) is 5. The first kappa shape index (κ1) is 24.6. The average molecular weight is 487 g/mol. The van der Waals surface area contributed by atoms with E-state index in [1.54, 1.807) is 19.2 Å². The molecule has 1 atom stereocenters. The Balaban J connectivity index is 1.57. The molecular weight excluding hydrogens is 460 g/mol. The summed E-state index contributed by atoms with van der Waals surface area (Å²) in [6, 6.07) is 8.93. The van der Waals surface area contributed by atoms with Crippen LogP contribution in [0.3, 0.4) is 0 Å². The van der Waals surface area contributed by atoms with Gasteiger partial charge in [-0.25, -0.2) is 14.8 Å². The number of anilines is 1. The lowest BCUT2D eigenvalue weighted by Gasteiger charge is -2.23.